The van der Waals surface area contributed by atoms with E-state index in [1.807, 2.05) is 0 Å². The third-order valence-corrected chi connectivity index (χ3v) is 2.71. The van der Waals surface area contributed by atoms with E-state index in [4.69, 9.17) is 5.73 Å². The molecule has 0 heterocycles. The number of hydrogen-bond donors (Lipinski definition) is 1. The molecule has 0 saturated heterocycles. The zero-order valence-corrected chi connectivity index (χ0v) is 8.21. The summed E-state index contributed by atoms with van der Waals surface area (Å²) in [6.07, 6.45) is 6.15. The van der Waals surface area contributed by atoms with Crippen molar-refractivity contribution in [3.8, 4) is 0 Å². The van der Waals surface area contributed by atoms with Gasteiger partial charge in [-0.1, -0.05) is 13.3 Å². The average Bonchev–Trinajstić information content (AvgIpc) is 1.82. The summed E-state index contributed by atoms with van der Waals surface area (Å²) < 4.78 is 0. The molecule has 2 heteroatoms. The molecule has 0 amide bonds. The number of rotatable bonds is 4. The Labute approximate surface area is 75.3 Å². The number of nitrogens with two attached hydrogens (primary N) is 1. The standard InChI is InChI=1S/C10H20N2/c1-3-5-10(11)12-8(2)9-6-4-7-9/h8-9H,3-7H2,1-2H3,(H2,11,12). The van der Waals surface area contributed by atoms with Crippen LogP contribution in [-0.4, -0.2) is 11.9 Å². The molecule has 0 bridgehead atoms. The lowest BCUT2D eigenvalue weighted by Gasteiger charge is -2.29. The quantitative estimate of drug-likeness (QED) is 0.508. The predicted octanol–water partition coefficient (Wildman–Crippen LogP) is 2.33. The Morgan fingerprint density at radius 3 is 2.67 bits per heavy atom. The van der Waals surface area contributed by atoms with Crippen LogP contribution in [-0.2, 0) is 0 Å². The van der Waals surface area contributed by atoms with Gasteiger partial charge in [0.05, 0.1) is 11.9 Å². The second kappa shape index (κ2) is 4.48. The van der Waals surface area contributed by atoms with Gasteiger partial charge in [-0.05, 0) is 32.1 Å². The summed E-state index contributed by atoms with van der Waals surface area (Å²) >= 11 is 0. The van der Waals surface area contributed by atoms with Gasteiger partial charge < -0.3 is 5.73 Å². The first-order chi connectivity index (χ1) is 5.74. The van der Waals surface area contributed by atoms with Gasteiger partial charge in [0.15, 0.2) is 0 Å². The first kappa shape index (κ1) is 9.56. The van der Waals surface area contributed by atoms with Crippen LogP contribution >= 0.6 is 0 Å². The van der Waals surface area contributed by atoms with E-state index in [1.54, 1.807) is 0 Å². The molecular weight excluding hydrogens is 148 g/mol. The second-order valence-electron chi connectivity index (χ2n) is 3.80. The minimum Gasteiger partial charge on any atom is -0.387 e. The van der Waals surface area contributed by atoms with Gasteiger partial charge in [-0.2, -0.15) is 0 Å². The molecule has 1 fully saturated rings. The molecule has 1 unspecified atom stereocenters. The highest BCUT2D eigenvalue weighted by Gasteiger charge is 2.23. The molecule has 0 radical (unpaired) electrons. The van der Waals surface area contributed by atoms with E-state index in [-0.39, 0.29) is 0 Å². The van der Waals surface area contributed by atoms with Crippen molar-refractivity contribution in [3.63, 3.8) is 0 Å². The summed E-state index contributed by atoms with van der Waals surface area (Å²) in [5, 5.41) is 0. The fraction of sp³-hybridized carbons (Fsp3) is 0.900. The van der Waals surface area contributed by atoms with Crippen molar-refractivity contribution in [3.05, 3.63) is 0 Å². The molecule has 0 aromatic carbocycles. The number of amidine groups is 1. The first-order valence-electron chi connectivity index (χ1n) is 5.06. The van der Waals surface area contributed by atoms with Gasteiger partial charge in [0.1, 0.15) is 0 Å². The summed E-state index contributed by atoms with van der Waals surface area (Å²) in [7, 11) is 0. The van der Waals surface area contributed by atoms with Gasteiger partial charge in [0.2, 0.25) is 0 Å². The highest BCUT2D eigenvalue weighted by Crippen LogP contribution is 2.30. The molecule has 0 aliphatic heterocycles. The first-order valence-corrected chi connectivity index (χ1v) is 5.06. The van der Waals surface area contributed by atoms with Crippen molar-refractivity contribution < 1.29 is 0 Å². The molecular formula is C10H20N2. The topological polar surface area (TPSA) is 38.4 Å². The van der Waals surface area contributed by atoms with Gasteiger partial charge in [-0.3, -0.25) is 4.99 Å². The molecule has 0 aromatic rings. The van der Waals surface area contributed by atoms with E-state index in [0.29, 0.717) is 6.04 Å². The average molecular weight is 168 g/mol. The Kier molecular flexibility index (Phi) is 3.57. The highest BCUT2D eigenvalue weighted by molar-refractivity contribution is 5.80. The van der Waals surface area contributed by atoms with Crippen LogP contribution in [0.2, 0.25) is 0 Å². The molecule has 1 aliphatic rings. The Balaban J connectivity index is 2.31. The highest BCUT2D eigenvalue weighted by atomic mass is 14.9. The van der Waals surface area contributed by atoms with Crippen molar-refractivity contribution in [2.24, 2.45) is 16.6 Å². The zero-order chi connectivity index (χ0) is 8.97. The normalized spacial score (nSPS) is 22.0. The molecule has 1 aliphatic carbocycles. The fourth-order valence-corrected chi connectivity index (χ4v) is 1.61. The summed E-state index contributed by atoms with van der Waals surface area (Å²) in [5.41, 5.74) is 5.75. The van der Waals surface area contributed by atoms with E-state index >= 15 is 0 Å². The number of nitrogens with zero attached hydrogens (tertiary/aromatic N) is 1. The summed E-state index contributed by atoms with van der Waals surface area (Å²) in [4.78, 5) is 4.48. The van der Waals surface area contributed by atoms with E-state index in [1.165, 1.54) is 19.3 Å². The molecule has 0 aromatic heterocycles. The van der Waals surface area contributed by atoms with Gasteiger partial charge >= 0.3 is 0 Å². The number of hydrogen-bond acceptors (Lipinski definition) is 1. The van der Waals surface area contributed by atoms with E-state index in [9.17, 15) is 0 Å². The van der Waals surface area contributed by atoms with Gasteiger partial charge in [0, 0.05) is 6.42 Å². The maximum Gasteiger partial charge on any atom is 0.0940 e. The Morgan fingerprint density at radius 1 is 1.58 bits per heavy atom. The van der Waals surface area contributed by atoms with Gasteiger partial charge in [0.25, 0.3) is 0 Å². The lowest BCUT2D eigenvalue weighted by molar-refractivity contribution is 0.274. The van der Waals surface area contributed by atoms with Gasteiger partial charge in [-0.25, -0.2) is 0 Å². The molecule has 0 spiro atoms. The van der Waals surface area contributed by atoms with Crippen LogP contribution in [0.3, 0.4) is 0 Å². The SMILES string of the molecule is CCCC(N)=NC(C)C1CCC1. The van der Waals surface area contributed by atoms with Crippen LogP contribution in [0.5, 0.6) is 0 Å². The van der Waals surface area contributed by atoms with E-state index in [2.05, 4.69) is 18.8 Å². The van der Waals surface area contributed by atoms with Crippen LogP contribution < -0.4 is 5.73 Å². The monoisotopic (exact) mass is 168 g/mol. The Bertz CT molecular complexity index is 159. The maximum atomic E-state index is 5.75. The zero-order valence-electron chi connectivity index (χ0n) is 8.21. The molecule has 2 N–H and O–H groups in total. The smallest absolute Gasteiger partial charge is 0.0940 e. The number of aliphatic imine (C=N–C) groups is 1. The van der Waals surface area contributed by atoms with Crippen molar-refractivity contribution in [1.29, 1.82) is 0 Å². The minimum absolute atomic E-state index is 0.463. The van der Waals surface area contributed by atoms with Crippen molar-refractivity contribution in [2.75, 3.05) is 0 Å². The molecule has 2 nitrogen and oxygen atoms in total. The second-order valence-corrected chi connectivity index (χ2v) is 3.80. The van der Waals surface area contributed by atoms with Crippen LogP contribution in [0.4, 0.5) is 0 Å². The molecule has 12 heavy (non-hydrogen) atoms. The van der Waals surface area contributed by atoms with Crippen molar-refractivity contribution in [1.82, 2.24) is 0 Å². The molecule has 1 saturated carbocycles. The lowest BCUT2D eigenvalue weighted by Crippen LogP contribution is -2.25. The van der Waals surface area contributed by atoms with Gasteiger partial charge in [-0.15, -0.1) is 0 Å². The van der Waals surface area contributed by atoms with Crippen LogP contribution in [0.15, 0.2) is 4.99 Å². The summed E-state index contributed by atoms with van der Waals surface area (Å²) in [6.45, 7) is 4.32. The Morgan fingerprint density at radius 2 is 2.25 bits per heavy atom. The van der Waals surface area contributed by atoms with Crippen LogP contribution in [0, 0.1) is 5.92 Å². The fourth-order valence-electron chi connectivity index (χ4n) is 1.61. The summed E-state index contributed by atoms with van der Waals surface area (Å²) in [6, 6.07) is 0.463. The van der Waals surface area contributed by atoms with E-state index in [0.717, 1.165) is 24.6 Å². The van der Waals surface area contributed by atoms with E-state index < -0.39 is 0 Å². The molecule has 1 atom stereocenters. The third-order valence-electron chi connectivity index (χ3n) is 2.71. The summed E-state index contributed by atoms with van der Waals surface area (Å²) in [5.74, 6) is 1.66. The largest absolute Gasteiger partial charge is 0.387 e. The molecule has 1 rings (SSSR count). The predicted molar refractivity (Wildman–Crippen MR) is 53.3 cm³/mol. The maximum absolute atomic E-state index is 5.75. The van der Waals surface area contributed by atoms with Crippen molar-refractivity contribution in [2.45, 2.75) is 52.0 Å². The minimum atomic E-state index is 0.463. The molecule has 70 valence electrons. The van der Waals surface area contributed by atoms with Crippen molar-refractivity contribution >= 4 is 5.84 Å². The van der Waals surface area contributed by atoms with Crippen LogP contribution in [0.1, 0.15) is 46.0 Å². The third kappa shape index (κ3) is 2.50. The van der Waals surface area contributed by atoms with Crippen LogP contribution in [0.25, 0.3) is 0 Å². The lowest BCUT2D eigenvalue weighted by atomic mass is 9.81. The Hall–Kier alpha value is -0.530.